The number of aromatic nitrogens is 2. The summed E-state index contributed by atoms with van der Waals surface area (Å²) in [4.78, 5) is 9.53. The van der Waals surface area contributed by atoms with Gasteiger partial charge < -0.3 is 14.2 Å². The molecule has 1 aromatic carbocycles. The van der Waals surface area contributed by atoms with Gasteiger partial charge in [-0.05, 0) is 31.9 Å². The predicted molar refractivity (Wildman–Crippen MR) is 115 cm³/mol. The summed E-state index contributed by atoms with van der Waals surface area (Å²) in [6.45, 7) is 9.15. The van der Waals surface area contributed by atoms with Gasteiger partial charge in [-0.25, -0.2) is 9.97 Å². The van der Waals surface area contributed by atoms with Crippen LogP contribution in [0.5, 0.6) is 11.5 Å². The van der Waals surface area contributed by atoms with Crippen molar-refractivity contribution in [2.45, 2.75) is 39.7 Å². The predicted octanol–water partition coefficient (Wildman–Crippen LogP) is 5.95. The molecular weight excluding hydrogens is 396 g/mol. The summed E-state index contributed by atoms with van der Waals surface area (Å²) < 4.78 is 16.8. The first kappa shape index (κ1) is 20.8. The van der Waals surface area contributed by atoms with Crippen molar-refractivity contribution in [3.8, 4) is 22.2 Å². The van der Waals surface area contributed by atoms with Gasteiger partial charge in [0.25, 0.3) is 0 Å². The van der Waals surface area contributed by atoms with Gasteiger partial charge in [0, 0.05) is 23.9 Å². The zero-order valence-electron chi connectivity index (χ0n) is 16.8. The van der Waals surface area contributed by atoms with Crippen LogP contribution in [0.4, 0.5) is 0 Å². The molecule has 2 heterocycles. The molecule has 3 rings (SSSR count). The first-order valence-electron chi connectivity index (χ1n) is 9.28. The monoisotopic (exact) mass is 420 g/mol. The summed E-state index contributed by atoms with van der Waals surface area (Å²) in [7, 11) is 1.63. The zero-order chi connectivity index (χ0) is 20.3. The molecule has 5 nitrogen and oxygen atoms in total. The largest absolute Gasteiger partial charge is 0.490 e. The number of benzene rings is 1. The molecular formula is C21H25ClN2O3S. The lowest BCUT2D eigenvalue weighted by Gasteiger charge is -2.15. The Labute approximate surface area is 174 Å². The fourth-order valence-electron chi connectivity index (χ4n) is 2.69. The highest BCUT2D eigenvalue weighted by atomic mass is 35.5. The lowest BCUT2D eigenvalue weighted by Crippen LogP contribution is -2.07. The van der Waals surface area contributed by atoms with Crippen LogP contribution in [0.15, 0.2) is 23.6 Å². The molecule has 0 saturated carbocycles. The molecule has 0 aliphatic heterocycles. The van der Waals surface area contributed by atoms with Crippen LogP contribution in [-0.4, -0.2) is 36.4 Å². The summed E-state index contributed by atoms with van der Waals surface area (Å²) >= 11 is 8.22. The number of rotatable bonds is 8. The van der Waals surface area contributed by atoms with Crippen LogP contribution in [0.25, 0.3) is 21.6 Å². The average Bonchev–Trinajstić information content (AvgIpc) is 3.14. The Morgan fingerprint density at radius 1 is 1.07 bits per heavy atom. The quantitative estimate of drug-likeness (QED) is 0.421. The minimum atomic E-state index is 0.0253. The fourth-order valence-corrected chi connectivity index (χ4v) is 3.89. The molecule has 0 aliphatic carbocycles. The van der Waals surface area contributed by atoms with E-state index in [0.29, 0.717) is 35.4 Å². The number of hydrogen-bond acceptors (Lipinski definition) is 6. The van der Waals surface area contributed by atoms with Gasteiger partial charge in [0.2, 0.25) is 0 Å². The lowest BCUT2D eigenvalue weighted by molar-refractivity contribution is 0.146. The van der Waals surface area contributed by atoms with Crippen molar-refractivity contribution in [3.05, 3.63) is 34.3 Å². The summed E-state index contributed by atoms with van der Waals surface area (Å²) in [5, 5.41) is 4.23. The molecule has 0 N–H and O–H groups in total. The van der Waals surface area contributed by atoms with Crippen LogP contribution in [0, 0.1) is 0 Å². The van der Waals surface area contributed by atoms with Crippen LogP contribution in [0.3, 0.4) is 0 Å². The first-order chi connectivity index (χ1) is 13.4. The van der Waals surface area contributed by atoms with Crippen LogP contribution in [-0.2, 0) is 4.74 Å². The molecule has 0 spiro atoms. The Morgan fingerprint density at radius 2 is 1.86 bits per heavy atom. The van der Waals surface area contributed by atoms with E-state index in [4.69, 9.17) is 35.8 Å². The summed E-state index contributed by atoms with van der Waals surface area (Å²) in [5.74, 6) is 1.68. The van der Waals surface area contributed by atoms with Gasteiger partial charge in [-0.15, -0.1) is 11.3 Å². The van der Waals surface area contributed by atoms with Gasteiger partial charge in [-0.1, -0.05) is 25.4 Å². The summed E-state index contributed by atoms with van der Waals surface area (Å²) in [5.41, 5.74) is 2.44. The molecule has 0 aliphatic rings. The number of ether oxygens (including phenoxy) is 3. The third-order valence-corrected chi connectivity index (χ3v) is 5.33. The highest BCUT2D eigenvalue weighted by molar-refractivity contribution is 7.13. The third kappa shape index (κ3) is 4.57. The van der Waals surface area contributed by atoms with Crippen molar-refractivity contribution >= 4 is 33.8 Å². The van der Waals surface area contributed by atoms with Gasteiger partial charge in [0.05, 0.1) is 23.9 Å². The Hall–Kier alpha value is -1.89. The van der Waals surface area contributed by atoms with E-state index in [1.54, 1.807) is 18.4 Å². The Morgan fingerprint density at radius 3 is 2.50 bits per heavy atom. The fraction of sp³-hybridized carbons (Fsp3) is 0.429. The topological polar surface area (TPSA) is 53.5 Å². The van der Waals surface area contributed by atoms with Gasteiger partial charge in [-0.2, -0.15) is 0 Å². The van der Waals surface area contributed by atoms with E-state index in [1.807, 2.05) is 32.0 Å². The third-order valence-electron chi connectivity index (χ3n) is 4.09. The van der Waals surface area contributed by atoms with E-state index in [2.05, 4.69) is 19.2 Å². The maximum absolute atomic E-state index is 6.64. The van der Waals surface area contributed by atoms with Gasteiger partial charge in [0.1, 0.15) is 33.8 Å². The lowest BCUT2D eigenvalue weighted by atomic mass is 10.1. The van der Waals surface area contributed by atoms with Crippen molar-refractivity contribution in [1.82, 2.24) is 9.97 Å². The standard InChI is InChI=1S/C21H25ClN2O3S/c1-12(2)16-11-28-21(24-16)15-10-18(27-13(3)4)14-6-7-17(26-9-8-25-5)19(22)20(14)23-15/h6-7,10-13H,8-9H2,1-5H3. The van der Waals surface area contributed by atoms with E-state index in [1.165, 1.54) is 0 Å². The van der Waals surface area contributed by atoms with Crippen LogP contribution in [0.1, 0.15) is 39.3 Å². The van der Waals surface area contributed by atoms with Gasteiger partial charge in [0.15, 0.2) is 0 Å². The smallest absolute Gasteiger partial charge is 0.142 e. The van der Waals surface area contributed by atoms with Gasteiger partial charge in [-0.3, -0.25) is 0 Å². The normalized spacial score (nSPS) is 11.6. The van der Waals surface area contributed by atoms with Crippen LogP contribution < -0.4 is 9.47 Å². The Kier molecular flexibility index (Phi) is 6.75. The molecule has 0 saturated heterocycles. The molecule has 28 heavy (non-hydrogen) atoms. The number of thiazole rings is 1. The van der Waals surface area contributed by atoms with E-state index in [0.717, 1.165) is 27.5 Å². The van der Waals surface area contributed by atoms with E-state index >= 15 is 0 Å². The highest BCUT2D eigenvalue weighted by Gasteiger charge is 2.17. The van der Waals surface area contributed by atoms with Crippen LogP contribution >= 0.6 is 22.9 Å². The summed E-state index contributed by atoms with van der Waals surface area (Å²) in [6, 6.07) is 5.71. The number of methoxy groups -OCH3 is 1. The number of pyridine rings is 1. The second-order valence-corrected chi connectivity index (χ2v) is 8.26. The minimum Gasteiger partial charge on any atom is -0.490 e. The molecule has 150 valence electrons. The van der Waals surface area contributed by atoms with Crippen molar-refractivity contribution in [1.29, 1.82) is 0 Å². The molecule has 0 bridgehead atoms. The van der Waals surface area contributed by atoms with Crippen molar-refractivity contribution in [2.75, 3.05) is 20.3 Å². The second-order valence-electron chi connectivity index (χ2n) is 7.02. The maximum atomic E-state index is 6.64. The number of fused-ring (bicyclic) bond motifs is 1. The average molecular weight is 421 g/mol. The van der Waals surface area contributed by atoms with E-state index in [-0.39, 0.29) is 6.10 Å². The molecule has 0 radical (unpaired) electrons. The Bertz CT molecular complexity index is 956. The first-order valence-corrected chi connectivity index (χ1v) is 10.5. The molecule has 2 aromatic heterocycles. The second kappa shape index (κ2) is 9.07. The molecule has 3 aromatic rings. The van der Waals surface area contributed by atoms with E-state index in [9.17, 15) is 0 Å². The zero-order valence-corrected chi connectivity index (χ0v) is 18.4. The van der Waals surface area contributed by atoms with Crippen LogP contribution in [0.2, 0.25) is 5.02 Å². The Balaban J connectivity index is 2.11. The van der Waals surface area contributed by atoms with Gasteiger partial charge >= 0.3 is 0 Å². The maximum Gasteiger partial charge on any atom is 0.142 e. The highest BCUT2D eigenvalue weighted by Crippen LogP contribution is 2.39. The van der Waals surface area contributed by atoms with Crippen molar-refractivity contribution in [3.63, 3.8) is 0 Å². The van der Waals surface area contributed by atoms with Crippen molar-refractivity contribution in [2.24, 2.45) is 0 Å². The molecule has 0 atom stereocenters. The molecule has 0 unspecified atom stereocenters. The molecule has 0 fully saturated rings. The number of halogens is 1. The SMILES string of the molecule is COCCOc1ccc2c(OC(C)C)cc(-c3nc(C(C)C)cs3)nc2c1Cl. The summed E-state index contributed by atoms with van der Waals surface area (Å²) in [6.07, 6.45) is 0.0253. The molecule has 7 heteroatoms. The molecule has 0 amide bonds. The minimum absolute atomic E-state index is 0.0253. The van der Waals surface area contributed by atoms with E-state index < -0.39 is 0 Å². The number of hydrogen-bond donors (Lipinski definition) is 0. The van der Waals surface area contributed by atoms with Crippen molar-refractivity contribution < 1.29 is 14.2 Å². The number of nitrogens with zero attached hydrogens (tertiary/aromatic N) is 2.